The lowest BCUT2D eigenvalue weighted by Gasteiger charge is -2.11. The van der Waals surface area contributed by atoms with Gasteiger partial charge < -0.3 is 14.7 Å². The summed E-state index contributed by atoms with van der Waals surface area (Å²) in [5, 5.41) is 13.1. The molecule has 0 saturated carbocycles. The minimum Gasteiger partial charge on any atom is -0.489 e. The Hall–Kier alpha value is -2.31. The van der Waals surface area contributed by atoms with E-state index in [1.54, 1.807) is 31.2 Å². The number of aliphatic carboxylic acids is 1. The maximum Gasteiger partial charge on any atom is 0.358 e. The van der Waals surface area contributed by atoms with Gasteiger partial charge in [0.2, 0.25) is 0 Å². The molecular formula is C19H17BrClNO4. The van der Waals surface area contributed by atoms with Gasteiger partial charge in [0.25, 0.3) is 0 Å². The quantitative estimate of drug-likeness (QED) is 0.464. The van der Waals surface area contributed by atoms with E-state index in [2.05, 4.69) is 21.1 Å². The fourth-order valence-corrected chi connectivity index (χ4v) is 2.55. The van der Waals surface area contributed by atoms with E-state index in [1.165, 1.54) is 0 Å². The molecule has 1 N–H and O–H groups in total. The Morgan fingerprint density at radius 2 is 1.92 bits per heavy atom. The lowest BCUT2D eigenvalue weighted by molar-refractivity contribution is -0.129. The molecule has 26 heavy (non-hydrogen) atoms. The van der Waals surface area contributed by atoms with Gasteiger partial charge in [0.15, 0.2) is 5.71 Å². The summed E-state index contributed by atoms with van der Waals surface area (Å²) in [6.45, 7) is 2.22. The summed E-state index contributed by atoms with van der Waals surface area (Å²) in [5.41, 5.74) is 1.93. The summed E-state index contributed by atoms with van der Waals surface area (Å²) in [6, 6.07) is 14.4. The Morgan fingerprint density at radius 3 is 2.54 bits per heavy atom. The van der Waals surface area contributed by atoms with Gasteiger partial charge in [-0.05, 0) is 52.2 Å². The standard InChI is InChI=1S/C19H17BrClNO4/c1-2-26-22-18(19(23)24)16-6-4-3-5-14(16)12-25-15-9-7-13(8-10-15)11-17(20)21/h3-11H,2,12H2,1H3,(H,23,24)/b17-11?,22-18+. The van der Waals surface area contributed by atoms with Gasteiger partial charge in [0.1, 0.15) is 19.0 Å². The first-order chi connectivity index (χ1) is 12.5. The maximum absolute atomic E-state index is 11.5. The first-order valence-electron chi connectivity index (χ1n) is 7.78. The predicted octanol–water partition coefficient (Wildman–Crippen LogP) is 5.02. The highest BCUT2D eigenvalue weighted by Crippen LogP contribution is 2.20. The van der Waals surface area contributed by atoms with Crippen LogP contribution in [-0.2, 0) is 16.2 Å². The molecule has 0 unspecified atom stereocenters. The van der Waals surface area contributed by atoms with Gasteiger partial charge in [-0.1, -0.05) is 53.2 Å². The van der Waals surface area contributed by atoms with Crippen molar-refractivity contribution >= 4 is 45.3 Å². The molecule has 0 heterocycles. The number of carboxylic acids is 1. The van der Waals surface area contributed by atoms with Crippen molar-refractivity contribution in [3.63, 3.8) is 0 Å². The molecule has 0 spiro atoms. The molecule has 0 amide bonds. The van der Waals surface area contributed by atoms with Crippen molar-refractivity contribution in [1.82, 2.24) is 0 Å². The van der Waals surface area contributed by atoms with Crippen molar-refractivity contribution in [2.45, 2.75) is 13.5 Å². The molecule has 0 atom stereocenters. The third kappa shape index (κ3) is 5.89. The Kier molecular flexibility index (Phi) is 7.69. The molecule has 0 aliphatic rings. The zero-order valence-corrected chi connectivity index (χ0v) is 16.3. The molecule has 0 saturated heterocycles. The fraction of sp³-hybridized carbons (Fsp3) is 0.158. The highest BCUT2D eigenvalue weighted by atomic mass is 79.9. The zero-order chi connectivity index (χ0) is 18.9. The van der Waals surface area contributed by atoms with Crippen LogP contribution < -0.4 is 4.74 Å². The van der Waals surface area contributed by atoms with Crippen molar-refractivity contribution in [3.05, 3.63) is 69.2 Å². The van der Waals surface area contributed by atoms with E-state index in [-0.39, 0.29) is 18.9 Å². The average Bonchev–Trinajstić information content (AvgIpc) is 2.61. The molecule has 0 radical (unpaired) electrons. The Labute approximate surface area is 165 Å². The van der Waals surface area contributed by atoms with E-state index in [0.717, 1.165) is 5.56 Å². The van der Waals surface area contributed by atoms with Crippen molar-refractivity contribution in [3.8, 4) is 5.75 Å². The molecular weight excluding hydrogens is 422 g/mol. The second-order valence-electron chi connectivity index (χ2n) is 5.11. The summed E-state index contributed by atoms with van der Waals surface area (Å²) in [7, 11) is 0. The van der Waals surface area contributed by atoms with E-state index in [0.29, 0.717) is 20.8 Å². The Balaban J connectivity index is 2.17. The lowest BCUT2D eigenvalue weighted by atomic mass is 10.0. The number of carboxylic acid groups (broad SMARTS) is 1. The number of carbonyl (C=O) groups is 1. The monoisotopic (exact) mass is 437 g/mol. The van der Waals surface area contributed by atoms with Gasteiger partial charge in [-0.3, -0.25) is 0 Å². The number of hydrogen-bond acceptors (Lipinski definition) is 4. The highest BCUT2D eigenvalue weighted by Gasteiger charge is 2.17. The SMILES string of the molecule is CCO/N=C(/C(=O)O)c1ccccc1COc1ccc(C=C(Cl)Br)cc1. The number of oxime groups is 1. The third-order valence-corrected chi connectivity index (χ3v) is 3.65. The van der Waals surface area contributed by atoms with Crippen LogP contribution in [0.5, 0.6) is 5.75 Å². The normalized spacial score (nSPS) is 12.0. The van der Waals surface area contributed by atoms with Crippen molar-refractivity contribution in [2.24, 2.45) is 5.16 Å². The van der Waals surface area contributed by atoms with Crippen molar-refractivity contribution < 1.29 is 19.5 Å². The van der Waals surface area contributed by atoms with Gasteiger partial charge in [-0.25, -0.2) is 4.79 Å². The molecule has 0 aliphatic heterocycles. The molecule has 136 valence electrons. The number of rotatable bonds is 8. The molecule has 0 aliphatic carbocycles. The minimum atomic E-state index is -1.16. The van der Waals surface area contributed by atoms with E-state index >= 15 is 0 Å². The van der Waals surface area contributed by atoms with Crippen molar-refractivity contribution in [1.29, 1.82) is 0 Å². The number of halogens is 2. The van der Waals surface area contributed by atoms with E-state index in [9.17, 15) is 9.90 Å². The first kappa shape index (κ1) is 20.0. The summed E-state index contributed by atoms with van der Waals surface area (Å²) < 4.78 is 6.28. The number of benzene rings is 2. The lowest BCUT2D eigenvalue weighted by Crippen LogP contribution is -2.18. The van der Waals surface area contributed by atoms with Gasteiger partial charge in [0.05, 0.1) is 3.94 Å². The summed E-state index contributed by atoms with van der Waals surface area (Å²) in [6.07, 6.45) is 1.77. The van der Waals surface area contributed by atoms with Crippen LogP contribution in [0.25, 0.3) is 6.08 Å². The van der Waals surface area contributed by atoms with Crippen LogP contribution in [0, 0.1) is 0 Å². The van der Waals surface area contributed by atoms with Crippen LogP contribution in [-0.4, -0.2) is 23.4 Å². The van der Waals surface area contributed by atoms with Crippen LogP contribution >= 0.6 is 27.5 Å². The predicted molar refractivity (Wildman–Crippen MR) is 106 cm³/mol. The second kappa shape index (κ2) is 9.99. The minimum absolute atomic E-state index is 0.154. The van der Waals surface area contributed by atoms with Crippen LogP contribution in [0.4, 0.5) is 0 Å². The summed E-state index contributed by atoms with van der Waals surface area (Å²) in [5.74, 6) is -0.505. The van der Waals surface area contributed by atoms with E-state index < -0.39 is 5.97 Å². The van der Waals surface area contributed by atoms with Gasteiger partial charge in [-0.15, -0.1) is 0 Å². The largest absolute Gasteiger partial charge is 0.489 e. The van der Waals surface area contributed by atoms with Gasteiger partial charge in [-0.2, -0.15) is 0 Å². The van der Waals surface area contributed by atoms with Gasteiger partial charge in [0, 0.05) is 5.56 Å². The van der Waals surface area contributed by atoms with Crippen molar-refractivity contribution in [2.75, 3.05) is 6.61 Å². The summed E-state index contributed by atoms with van der Waals surface area (Å²) in [4.78, 5) is 16.4. The van der Waals surface area contributed by atoms with Crippen LogP contribution in [0.3, 0.4) is 0 Å². The molecule has 5 nitrogen and oxygen atoms in total. The third-order valence-electron chi connectivity index (χ3n) is 3.31. The van der Waals surface area contributed by atoms with E-state index in [1.807, 2.05) is 30.3 Å². The highest BCUT2D eigenvalue weighted by molar-refractivity contribution is 9.12. The Bertz CT molecular complexity index is 815. The van der Waals surface area contributed by atoms with E-state index in [4.69, 9.17) is 21.2 Å². The smallest absolute Gasteiger partial charge is 0.358 e. The molecule has 7 heteroatoms. The first-order valence-corrected chi connectivity index (χ1v) is 8.95. The molecule has 2 rings (SSSR count). The molecule has 2 aromatic rings. The molecule has 2 aromatic carbocycles. The molecule has 0 fully saturated rings. The number of nitrogens with zero attached hydrogens (tertiary/aromatic N) is 1. The maximum atomic E-state index is 11.5. The zero-order valence-electron chi connectivity index (χ0n) is 14.0. The summed E-state index contributed by atoms with van der Waals surface area (Å²) >= 11 is 8.95. The second-order valence-corrected chi connectivity index (χ2v) is 6.83. The van der Waals surface area contributed by atoms with Crippen LogP contribution in [0.1, 0.15) is 23.6 Å². The number of ether oxygens (including phenoxy) is 1. The van der Waals surface area contributed by atoms with Crippen LogP contribution in [0.2, 0.25) is 0 Å². The molecule has 0 bridgehead atoms. The Morgan fingerprint density at radius 1 is 1.23 bits per heavy atom. The topological polar surface area (TPSA) is 68.1 Å². The molecule has 0 aromatic heterocycles. The fourth-order valence-electron chi connectivity index (χ4n) is 2.16. The number of hydrogen-bond donors (Lipinski definition) is 1. The van der Waals surface area contributed by atoms with Crippen LogP contribution in [0.15, 0.2) is 57.6 Å². The van der Waals surface area contributed by atoms with Gasteiger partial charge >= 0.3 is 5.97 Å². The average molecular weight is 439 g/mol.